The Morgan fingerprint density at radius 2 is 2.04 bits per heavy atom. The van der Waals surface area contributed by atoms with Gasteiger partial charge in [-0.15, -0.1) is 11.3 Å². The first-order valence-electron chi connectivity index (χ1n) is 9.37. The number of likely N-dealkylation sites (tertiary alicyclic amines) is 1. The SMILES string of the molecule is COc1ccc(NC(=O)C[NH+]2CCCC[C@H]2c2nc3ccccc3s2)cc1. The Morgan fingerprint density at radius 1 is 1.22 bits per heavy atom. The number of nitrogens with zero attached hydrogens (tertiary/aromatic N) is 1. The van der Waals surface area contributed by atoms with Gasteiger partial charge in [-0.1, -0.05) is 12.1 Å². The average molecular weight is 383 g/mol. The summed E-state index contributed by atoms with van der Waals surface area (Å²) in [5, 5.41) is 4.16. The van der Waals surface area contributed by atoms with E-state index in [2.05, 4.69) is 23.5 Å². The number of thiazole rings is 1. The smallest absolute Gasteiger partial charge is 0.279 e. The van der Waals surface area contributed by atoms with Crippen LogP contribution in [0.25, 0.3) is 10.2 Å². The molecule has 6 heteroatoms. The van der Waals surface area contributed by atoms with Gasteiger partial charge < -0.3 is 15.0 Å². The van der Waals surface area contributed by atoms with Crippen LogP contribution in [0.2, 0.25) is 0 Å². The predicted molar refractivity (Wildman–Crippen MR) is 109 cm³/mol. The fourth-order valence-electron chi connectivity index (χ4n) is 3.71. The van der Waals surface area contributed by atoms with Crippen molar-refractivity contribution in [3.8, 4) is 5.75 Å². The summed E-state index contributed by atoms with van der Waals surface area (Å²) in [6, 6.07) is 16.0. The Balaban J connectivity index is 1.46. The van der Waals surface area contributed by atoms with Gasteiger partial charge in [-0.05, 0) is 49.2 Å². The zero-order chi connectivity index (χ0) is 18.6. The van der Waals surface area contributed by atoms with E-state index in [4.69, 9.17) is 9.72 Å². The van der Waals surface area contributed by atoms with E-state index in [1.807, 2.05) is 30.3 Å². The third kappa shape index (κ3) is 4.12. The highest BCUT2D eigenvalue weighted by Crippen LogP contribution is 2.28. The number of hydrogen-bond donors (Lipinski definition) is 2. The van der Waals surface area contributed by atoms with Gasteiger partial charge in [0.25, 0.3) is 5.91 Å². The van der Waals surface area contributed by atoms with Crippen LogP contribution in [-0.4, -0.2) is 31.1 Å². The van der Waals surface area contributed by atoms with Crippen LogP contribution in [0.5, 0.6) is 5.75 Å². The second kappa shape index (κ2) is 8.06. The fraction of sp³-hybridized carbons (Fsp3) is 0.333. The van der Waals surface area contributed by atoms with Crippen molar-refractivity contribution in [1.82, 2.24) is 4.98 Å². The van der Waals surface area contributed by atoms with Gasteiger partial charge in [0, 0.05) is 12.1 Å². The monoisotopic (exact) mass is 382 g/mol. The number of carbonyl (C=O) groups is 1. The fourth-order valence-corrected chi connectivity index (χ4v) is 4.87. The van der Waals surface area contributed by atoms with Crippen LogP contribution in [0.4, 0.5) is 5.69 Å². The number of nitrogens with one attached hydrogen (secondary N) is 2. The van der Waals surface area contributed by atoms with Crippen LogP contribution in [0.3, 0.4) is 0 Å². The maximum Gasteiger partial charge on any atom is 0.279 e. The highest BCUT2D eigenvalue weighted by Gasteiger charge is 2.31. The van der Waals surface area contributed by atoms with Crippen molar-refractivity contribution < 1.29 is 14.4 Å². The zero-order valence-electron chi connectivity index (χ0n) is 15.4. The van der Waals surface area contributed by atoms with Crippen LogP contribution in [-0.2, 0) is 4.79 Å². The number of methoxy groups -OCH3 is 1. The summed E-state index contributed by atoms with van der Waals surface area (Å²) < 4.78 is 6.38. The van der Waals surface area contributed by atoms with E-state index in [1.54, 1.807) is 18.4 Å². The molecule has 2 aromatic carbocycles. The molecule has 2 heterocycles. The molecule has 0 aliphatic carbocycles. The second-order valence-corrected chi connectivity index (χ2v) is 7.99. The van der Waals surface area contributed by atoms with E-state index < -0.39 is 0 Å². The number of benzene rings is 2. The van der Waals surface area contributed by atoms with Crippen LogP contribution >= 0.6 is 11.3 Å². The van der Waals surface area contributed by atoms with Gasteiger partial charge in [0.2, 0.25) is 0 Å². The Kier molecular flexibility index (Phi) is 5.36. The quantitative estimate of drug-likeness (QED) is 0.713. The third-order valence-corrected chi connectivity index (χ3v) is 6.25. The number of ether oxygens (including phenoxy) is 1. The summed E-state index contributed by atoms with van der Waals surface area (Å²) in [7, 11) is 1.63. The van der Waals surface area contributed by atoms with Gasteiger partial charge in [0.15, 0.2) is 11.6 Å². The Morgan fingerprint density at radius 3 is 2.81 bits per heavy atom. The minimum absolute atomic E-state index is 0.0446. The first kappa shape index (κ1) is 17.9. The normalized spacial score (nSPS) is 19.7. The molecule has 1 unspecified atom stereocenters. The number of amides is 1. The van der Waals surface area contributed by atoms with Crippen molar-refractivity contribution in [3.63, 3.8) is 0 Å². The molecule has 2 atom stereocenters. The maximum absolute atomic E-state index is 12.6. The van der Waals surface area contributed by atoms with Gasteiger partial charge in [0.05, 0.1) is 23.9 Å². The Labute approximate surface area is 163 Å². The topological polar surface area (TPSA) is 55.7 Å². The molecule has 0 bridgehead atoms. The number of fused-ring (bicyclic) bond motifs is 1. The minimum Gasteiger partial charge on any atom is -0.497 e. The molecule has 4 rings (SSSR count). The molecule has 1 aromatic heterocycles. The molecule has 1 fully saturated rings. The molecule has 1 amide bonds. The van der Waals surface area contributed by atoms with Gasteiger partial charge in [-0.2, -0.15) is 0 Å². The van der Waals surface area contributed by atoms with E-state index in [-0.39, 0.29) is 5.91 Å². The van der Waals surface area contributed by atoms with E-state index in [0.717, 1.165) is 41.3 Å². The van der Waals surface area contributed by atoms with Crippen molar-refractivity contribution in [3.05, 3.63) is 53.5 Å². The van der Waals surface area contributed by atoms with Gasteiger partial charge in [0.1, 0.15) is 11.8 Å². The van der Waals surface area contributed by atoms with Crippen molar-refractivity contribution in [2.24, 2.45) is 0 Å². The Bertz CT molecular complexity index is 890. The van der Waals surface area contributed by atoms with Gasteiger partial charge in [-0.3, -0.25) is 4.79 Å². The lowest BCUT2D eigenvalue weighted by Gasteiger charge is -2.30. The number of quaternary nitrogens is 1. The number of para-hydroxylation sites is 1. The molecule has 0 radical (unpaired) electrons. The minimum atomic E-state index is 0.0446. The van der Waals surface area contributed by atoms with Crippen molar-refractivity contribution in [2.45, 2.75) is 25.3 Å². The molecule has 140 valence electrons. The van der Waals surface area contributed by atoms with Crippen LogP contribution in [0.1, 0.15) is 30.3 Å². The summed E-state index contributed by atoms with van der Waals surface area (Å²) in [5.74, 6) is 0.828. The summed E-state index contributed by atoms with van der Waals surface area (Å²) in [5.41, 5.74) is 1.86. The standard InChI is InChI=1S/C21H23N3O2S/c1-26-16-11-9-15(10-12-16)22-20(25)14-24-13-5-4-7-18(24)21-23-17-6-2-3-8-19(17)27-21/h2-3,6,8-12,18H,4-5,7,13-14H2,1H3,(H,22,25)/p+1/t18-/m0/s1. The van der Waals surface area contributed by atoms with Crippen molar-refractivity contribution in [2.75, 3.05) is 25.5 Å². The molecule has 0 spiro atoms. The highest BCUT2D eigenvalue weighted by atomic mass is 32.1. The lowest BCUT2D eigenvalue weighted by molar-refractivity contribution is -0.929. The molecule has 27 heavy (non-hydrogen) atoms. The number of carbonyl (C=O) groups excluding carboxylic acids is 1. The first-order chi connectivity index (χ1) is 13.2. The van der Waals surface area contributed by atoms with Gasteiger partial charge in [-0.25, -0.2) is 4.98 Å². The van der Waals surface area contributed by atoms with Crippen molar-refractivity contribution >= 4 is 33.1 Å². The molecule has 1 aliphatic heterocycles. The second-order valence-electron chi connectivity index (χ2n) is 6.93. The molecule has 3 aromatic rings. The molecule has 5 nitrogen and oxygen atoms in total. The largest absolute Gasteiger partial charge is 0.497 e. The van der Waals surface area contributed by atoms with Crippen molar-refractivity contribution in [1.29, 1.82) is 0 Å². The Hall–Kier alpha value is -2.44. The summed E-state index contributed by atoms with van der Waals surface area (Å²) >= 11 is 1.77. The number of anilines is 1. The van der Waals surface area contributed by atoms with E-state index >= 15 is 0 Å². The first-order valence-corrected chi connectivity index (χ1v) is 10.2. The average Bonchev–Trinajstić information content (AvgIpc) is 3.13. The highest BCUT2D eigenvalue weighted by molar-refractivity contribution is 7.18. The van der Waals surface area contributed by atoms with E-state index in [0.29, 0.717) is 12.6 Å². The van der Waals surface area contributed by atoms with E-state index in [9.17, 15) is 4.79 Å². The molecule has 2 N–H and O–H groups in total. The number of hydrogen-bond acceptors (Lipinski definition) is 4. The van der Waals surface area contributed by atoms with Crippen LogP contribution < -0.4 is 15.0 Å². The number of aromatic nitrogens is 1. The lowest BCUT2D eigenvalue weighted by atomic mass is 10.0. The lowest BCUT2D eigenvalue weighted by Crippen LogP contribution is -3.14. The summed E-state index contributed by atoms with van der Waals surface area (Å²) in [6.45, 7) is 1.48. The number of piperidine rings is 1. The van der Waals surface area contributed by atoms with Crippen LogP contribution in [0.15, 0.2) is 48.5 Å². The third-order valence-electron chi connectivity index (χ3n) is 5.10. The number of rotatable bonds is 5. The summed E-state index contributed by atoms with van der Waals surface area (Å²) in [6.07, 6.45) is 3.45. The summed E-state index contributed by atoms with van der Waals surface area (Å²) in [4.78, 5) is 18.8. The molecule has 1 aliphatic rings. The molecular weight excluding hydrogens is 358 g/mol. The predicted octanol–water partition coefficient (Wildman–Crippen LogP) is 3.05. The van der Waals surface area contributed by atoms with Gasteiger partial charge >= 0.3 is 0 Å². The van der Waals surface area contributed by atoms with Crippen LogP contribution in [0, 0.1) is 0 Å². The maximum atomic E-state index is 12.6. The van der Waals surface area contributed by atoms with E-state index in [1.165, 1.54) is 16.0 Å². The molecule has 1 saturated heterocycles. The zero-order valence-corrected chi connectivity index (χ0v) is 16.2. The molecule has 0 saturated carbocycles. The molecular formula is C21H24N3O2S+.